The summed E-state index contributed by atoms with van der Waals surface area (Å²) < 4.78 is 0. The molecule has 0 unspecified atom stereocenters. The molecule has 0 saturated carbocycles. The number of urea groups is 1. The average Bonchev–Trinajstić information content (AvgIpc) is 2.29. The third kappa shape index (κ3) is 4.12. The molecule has 0 aliphatic rings. The molecule has 1 rings (SSSR count). The van der Waals surface area contributed by atoms with Gasteiger partial charge in [0.25, 0.3) is 0 Å². The number of nitrogens with zero attached hydrogens (tertiary/aromatic N) is 1. The lowest BCUT2D eigenvalue weighted by molar-refractivity contribution is -0.0283. The van der Waals surface area contributed by atoms with E-state index in [-0.39, 0.29) is 6.54 Å². The number of rotatable bonds is 4. The van der Waals surface area contributed by atoms with Gasteiger partial charge in [-0.15, -0.1) is 0 Å². The number of hydroxylamine groups is 2. The molecule has 4 heteroatoms. The molecule has 0 bridgehead atoms. The van der Waals surface area contributed by atoms with Crippen molar-refractivity contribution < 1.29 is 10.0 Å². The zero-order chi connectivity index (χ0) is 12.8. The van der Waals surface area contributed by atoms with Crippen LogP contribution in [0.4, 0.5) is 10.5 Å². The molecule has 0 radical (unpaired) electrons. The lowest BCUT2D eigenvalue weighted by Gasteiger charge is -2.17. The van der Waals surface area contributed by atoms with Crippen LogP contribution in [0.1, 0.15) is 6.92 Å². The Balaban J connectivity index is 2.53. The minimum Gasteiger partial charge on any atom is -0.306 e. The average molecular weight is 232 g/mol. The molecule has 0 saturated heterocycles. The van der Waals surface area contributed by atoms with E-state index in [0.29, 0.717) is 16.3 Å². The molecule has 0 aliphatic heterocycles. The van der Waals surface area contributed by atoms with E-state index in [1.807, 2.05) is 6.07 Å². The Morgan fingerprint density at radius 2 is 1.94 bits per heavy atom. The molecule has 0 aliphatic carbocycles. The van der Waals surface area contributed by atoms with Gasteiger partial charge in [-0.1, -0.05) is 36.9 Å². The van der Waals surface area contributed by atoms with Crippen LogP contribution in [0.5, 0.6) is 0 Å². The maximum Gasteiger partial charge on any atom is 0.345 e. The first-order chi connectivity index (χ1) is 8.00. The van der Waals surface area contributed by atoms with Gasteiger partial charge < -0.3 is 5.32 Å². The lowest BCUT2D eigenvalue weighted by Crippen LogP contribution is -2.33. The molecule has 1 aromatic carbocycles. The van der Waals surface area contributed by atoms with E-state index >= 15 is 0 Å². The largest absolute Gasteiger partial charge is 0.345 e. The molecule has 2 N–H and O–H groups in total. The first-order valence-electron chi connectivity index (χ1n) is 5.17. The Hall–Kier alpha value is -2.07. The summed E-state index contributed by atoms with van der Waals surface area (Å²) in [4.78, 5) is 11.6. The first-order valence-corrected chi connectivity index (χ1v) is 5.17. The van der Waals surface area contributed by atoms with Crippen molar-refractivity contribution in [3.05, 3.63) is 54.6 Å². The Bertz CT molecular complexity index is 426. The van der Waals surface area contributed by atoms with Crippen LogP contribution in [0.25, 0.3) is 0 Å². The van der Waals surface area contributed by atoms with Gasteiger partial charge in [0.2, 0.25) is 0 Å². The standard InChI is InChI=1S/C13H16N2O2/c1-10(2)11(3)9-15(17)13(16)14-12-7-5-4-6-8-12/h4-8,17H,1,3,9H2,2H3,(H,14,16). The predicted octanol–water partition coefficient (Wildman–Crippen LogP) is 3.04. The summed E-state index contributed by atoms with van der Waals surface area (Å²) in [6.45, 7) is 9.19. The van der Waals surface area contributed by atoms with Crippen molar-refractivity contribution in [2.24, 2.45) is 0 Å². The summed E-state index contributed by atoms with van der Waals surface area (Å²) in [6.07, 6.45) is 0. The Morgan fingerprint density at radius 3 is 2.47 bits per heavy atom. The number of carbonyl (C=O) groups excluding carboxylic acids is 1. The summed E-state index contributed by atoms with van der Waals surface area (Å²) in [7, 11) is 0. The summed E-state index contributed by atoms with van der Waals surface area (Å²) in [5.74, 6) is 0. The zero-order valence-electron chi connectivity index (χ0n) is 9.81. The van der Waals surface area contributed by atoms with Gasteiger partial charge in [0, 0.05) is 5.69 Å². The molecule has 0 spiro atoms. The van der Waals surface area contributed by atoms with Crippen LogP contribution < -0.4 is 5.32 Å². The SMILES string of the molecule is C=C(C)C(=C)CN(O)C(=O)Nc1ccccc1. The number of anilines is 1. The fraction of sp³-hybridized carbons (Fsp3) is 0.154. The minimum atomic E-state index is -0.599. The van der Waals surface area contributed by atoms with E-state index in [2.05, 4.69) is 18.5 Å². The zero-order valence-corrected chi connectivity index (χ0v) is 9.81. The van der Waals surface area contributed by atoms with Crippen molar-refractivity contribution in [3.63, 3.8) is 0 Å². The van der Waals surface area contributed by atoms with Crippen molar-refractivity contribution in [1.82, 2.24) is 5.06 Å². The quantitative estimate of drug-likeness (QED) is 0.476. The van der Waals surface area contributed by atoms with Gasteiger partial charge in [-0.05, 0) is 24.6 Å². The van der Waals surface area contributed by atoms with Crippen LogP contribution in [0.2, 0.25) is 0 Å². The molecule has 0 aromatic heterocycles. The number of carbonyl (C=O) groups is 1. The van der Waals surface area contributed by atoms with Crippen LogP contribution in [-0.4, -0.2) is 22.8 Å². The van der Waals surface area contributed by atoms with E-state index in [9.17, 15) is 10.0 Å². The highest BCUT2D eigenvalue weighted by Gasteiger charge is 2.11. The van der Waals surface area contributed by atoms with Gasteiger partial charge in [0.1, 0.15) is 0 Å². The van der Waals surface area contributed by atoms with Crippen LogP contribution in [-0.2, 0) is 0 Å². The lowest BCUT2D eigenvalue weighted by atomic mass is 10.1. The van der Waals surface area contributed by atoms with Crippen LogP contribution in [0.15, 0.2) is 54.6 Å². The van der Waals surface area contributed by atoms with E-state index in [4.69, 9.17) is 0 Å². The summed E-state index contributed by atoms with van der Waals surface area (Å²) in [6, 6.07) is 8.31. The molecule has 90 valence electrons. The number of para-hydroxylation sites is 1. The monoisotopic (exact) mass is 232 g/mol. The van der Waals surface area contributed by atoms with E-state index in [0.717, 1.165) is 5.57 Å². The van der Waals surface area contributed by atoms with Crippen molar-refractivity contribution in [2.45, 2.75) is 6.92 Å². The maximum atomic E-state index is 11.6. The normalized spacial score (nSPS) is 9.53. The molecule has 0 fully saturated rings. The topological polar surface area (TPSA) is 52.6 Å². The Morgan fingerprint density at radius 1 is 1.35 bits per heavy atom. The third-order valence-corrected chi connectivity index (χ3v) is 2.20. The van der Waals surface area contributed by atoms with Crippen molar-refractivity contribution in [1.29, 1.82) is 0 Å². The van der Waals surface area contributed by atoms with Crippen LogP contribution in [0.3, 0.4) is 0 Å². The Labute approximate surface area is 101 Å². The van der Waals surface area contributed by atoms with E-state index < -0.39 is 6.03 Å². The third-order valence-electron chi connectivity index (χ3n) is 2.20. The molecule has 0 heterocycles. The van der Waals surface area contributed by atoms with Gasteiger partial charge in [-0.3, -0.25) is 5.21 Å². The van der Waals surface area contributed by atoms with Gasteiger partial charge in [-0.25, -0.2) is 9.86 Å². The number of nitrogens with one attached hydrogen (secondary N) is 1. The number of benzene rings is 1. The van der Waals surface area contributed by atoms with Gasteiger partial charge in [0.05, 0.1) is 6.54 Å². The highest BCUT2D eigenvalue weighted by molar-refractivity contribution is 5.88. The van der Waals surface area contributed by atoms with E-state index in [1.54, 1.807) is 31.2 Å². The molecule has 1 aromatic rings. The second-order valence-electron chi connectivity index (χ2n) is 3.74. The molecule has 0 atom stereocenters. The fourth-order valence-electron chi connectivity index (χ4n) is 1.10. The van der Waals surface area contributed by atoms with Crippen LogP contribution >= 0.6 is 0 Å². The number of hydrogen-bond acceptors (Lipinski definition) is 2. The van der Waals surface area contributed by atoms with Crippen molar-refractivity contribution in [2.75, 3.05) is 11.9 Å². The van der Waals surface area contributed by atoms with Gasteiger partial charge in [0.15, 0.2) is 0 Å². The predicted molar refractivity (Wildman–Crippen MR) is 67.9 cm³/mol. The second kappa shape index (κ2) is 5.86. The minimum absolute atomic E-state index is 0.0357. The molecule has 2 amide bonds. The number of amides is 2. The summed E-state index contributed by atoms with van der Waals surface area (Å²) >= 11 is 0. The second-order valence-corrected chi connectivity index (χ2v) is 3.74. The van der Waals surface area contributed by atoms with Crippen molar-refractivity contribution >= 4 is 11.7 Å². The molecular formula is C13H16N2O2. The molecular weight excluding hydrogens is 216 g/mol. The Kier molecular flexibility index (Phi) is 4.48. The van der Waals surface area contributed by atoms with Gasteiger partial charge >= 0.3 is 6.03 Å². The highest BCUT2D eigenvalue weighted by Crippen LogP contribution is 2.08. The van der Waals surface area contributed by atoms with Gasteiger partial charge in [-0.2, -0.15) is 0 Å². The summed E-state index contributed by atoms with van der Waals surface area (Å²) in [5.41, 5.74) is 1.96. The molecule has 17 heavy (non-hydrogen) atoms. The first kappa shape index (κ1) is 13.0. The van der Waals surface area contributed by atoms with E-state index in [1.165, 1.54) is 0 Å². The smallest absolute Gasteiger partial charge is 0.306 e. The molecule has 4 nitrogen and oxygen atoms in total. The maximum absolute atomic E-state index is 11.6. The number of hydrogen-bond donors (Lipinski definition) is 2. The highest BCUT2D eigenvalue weighted by atomic mass is 16.5. The van der Waals surface area contributed by atoms with Crippen LogP contribution in [0, 0.1) is 0 Å². The van der Waals surface area contributed by atoms with Crippen molar-refractivity contribution in [3.8, 4) is 0 Å². The summed E-state index contributed by atoms with van der Waals surface area (Å²) in [5, 5.41) is 12.6. The fourth-order valence-corrected chi connectivity index (χ4v) is 1.10.